The summed E-state index contributed by atoms with van der Waals surface area (Å²) in [6, 6.07) is 0. The molecular formula is C41H76O11. The van der Waals surface area contributed by atoms with Crippen LogP contribution in [0.15, 0.2) is 0 Å². The molecule has 1 aliphatic heterocycles. The number of aliphatic carboxylic acids is 1. The van der Waals surface area contributed by atoms with Gasteiger partial charge in [-0.1, -0.05) is 168 Å². The SMILES string of the molecule is CCCCCCCCCCCCCCCC(=O)OC[C@H](CO[C@@H]1O[C@H](C(=O)O)[C@@H](O)[C@H](O)[C@H]1O)OC(=O)CCCCCCCCCCCCCCC. The van der Waals surface area contributed by atoms with Crippen molar-refractivity contribution in [2.24, 2.45) is 0 Å². The van der Waals surface area contributed by atoms with E-state index in [1.165, 1.54) is 116 Å². The monoisotopic (exact) mass is 745 g/mol. The van der Waals surface area contributed by atoms with Gasteiger partial charge in [0.15, 0.2) is 18.5 Å². The molecular weight excluding hydrogens is 668 g/mol. The lowest BCUT2D eigenvalue weighted by Crippen LogP contribution is -2.60. The molecule has 1 rings (SSSR count). The fourth-order valence-corrected chi connectivity index (χ4v) is 6.59. The highest BCUT2D eigenvalue weighted by Gasteiger charge is 2.47. The van der Waals surface area contributed by atoms with Crippen molar-refractivity contribution in [1.82, 2.24) is 0 Å². The maximum absolute atomic E-state index is 12.7. The largest absolute Gasteiger partial charge is 0.479 e. The zero-order valence-electron chi connectivity index (χ0n) is 32.8. The average Bonchev–Trinajstić information content (AvgIpc) is 3.12. The van der Waals surface area contributed by atoms with Crippen LogP contribution in [0.25, 0.3) is 0 Å². The Kier molecular flexibility index (Phi) is 30.3. The van der Waals surface area contributed by atoms with Crippen LogP contribution in [-0.4, -0.2) is 88.4 Å². The summed E-state index contributed by atoms with van der Waals surface area (Å²) in [5.74, 6) is -2.43. The highest BCUT2D eigenvalue weighted by molar-refractivity contribution is 5.73. The van der Waals surface area contributed by atoms with E-state index in [0.29, 0.717) is 12.8 Å². The van der Waals surface area contributed by atoms with Gasteiger partial charge >= 0.3 is 17.9 Å². The standard InChI is InChI=1S/C41H76O11/c1-3-5-7-9-11-13-15-17-19-21-23-25-27-29-34(42)49-31-33(32-50-41-38(46)36(44)37(45)39(52-41)40(47)48)51-35(43)30-28-26-24-22-20-18-16-14-12-10-8-6-4-2/h33,36-39,41,44-46H,3-32H2,1-2H3,(H,47,48)/t33-,36+,37+,38-,39+,41-/m1/s1. The molecule has 0 aromatic heterocycles. The van der Waals surface area contributed by atoms with Gasteiger partial charge < -0.3 is 39.4 Å². The van der Waals surface area contributed by atoms with Crippen LogP contribution in [-0.2, 0) is 33.3 Å². The Labute approximate surface area is 314 Å². The Morgan fingerprint density at radius 3 is 1.31 bits per heavy atom. The maximum Gasteiger partial charge on any atom is 0.335 e. The van der Waals surface area contributed by atoms with E-state index in [1.54, 1.807) is 0 Å². The number of rotatable bonds is 35. The number of aliphatic hydroxyl groups is 3. The van der Waals surface area contributed by atoms with E-state index in [1.807, 2.05) is 0 Å². The zero-order chi connectivity index (χ0) is 38.2. The number of hydrogen-bond donors (Lipinski definition) is 4. The van der Waals surface area contributed by atoms with E-state index in [4.69, 9.17) is 18.9 Å². The lowest BCUT2D eigenvalue weighted by Gasteiger charge is -2.38. The predicted octanol–water partition coefficient (Wildman–Crippen LogP) is 8.31. The second kappa shape index (κ2) is 32.6. The summed E-state index contributed by atoms with van der Waals surface area (Å²) >= 11 is 0. The first kappa shape index (κ1) is 48.2. The highest BCUT2D eigenvalue weighted by Crippen LogP contribution is 2.23. The van der Waals surface area contributed by atoms with Crippen molar-refractivity contribution in [3.05, 3.63) is 0 Å². The Morgan fingerprint density at radius 2 is 0.904 bits per heavy atom. The Bertz CT molecular complexity index is 885. The Balaban J connectivity index is 2.39. The molecule has 0 saturated carbocycles. The van der Waals surface area contributed by atoms with Gasteiger partial charge in [0.2, 0.25) is 0 Å². The fraction of sp³-hybridized carbons (Fsp3) is 0.927. The molecule has 0 bridgehead atoms. The van der Waals surface area contributed by atoms with E-state index >= 15 is 0 Å². The molecule has 1 saturated heterocycles. The molecule has 0 spiro atoms. The summed E-state index contributed by atoms with van der Waals surface area (Å²) in [4.78, 5) is 36.7. The van der Waals surface area contributed by atoms with Gasteiger partial charge in [0.05, 0.1) is 6.61 Å². The van der Waals surface area contributed by atoms with Crippen LogP contribution >= 0.6 is 0 Å². The molecule has 0 aromatic carbocycles. The molecule has 0 aromatic rings. The number of unbranched alkanes of at least 4 members (excludes halogenated alkanes) is 24. The van der Waals surface area contributed by atoms with Gasteiger partial charge in [-0.05, 0) is 12.8 Å². The highest BCUT2D eigenvalue weighted by atomic mass is 16.7. The van der Waals surface area contributed by atoms with Gasteiger partial charge in [-0.3, -0.25) is 9.59 Å². The van der Waals surface area contributed by atoms with Gasteiger partial charge in [-0.25, -0.2) is 4.79 Å². The van der Waals surface area contributed by atoms with Crippen LogP contribution < -0.4 is 0 Å². The van der Waals surface area contributed by atoms with E-state index in [9.17, 15) is 34.8 Å². The first-order valence-corrected chi connectivity index (χ1v) is 21.1. The third-order valence-corrected chi connectivity index (χ3v) is 9.96. The van der Waals surface area contributed by atoms with Crippen LogP contribution in [0.3, 0.4) is 0 Å². The Hall–Kier alpha value is -1.79. The van der Waals surface area contributed by atoms with Crippen molar-refractivity contribution in [3.63, 3.8) is 0 Å². The van der Waals surface area contributed by atoms with E-state index in [-0.39, 0.29) is 26.1 Å². The second-order valence-electron chi connectivity index (χ2n) is 14.8. The number of ether oxygens (including phenoxy) is 4. The number of carboxylic acid groups (broad SMARTS) is 1. The Morgan fingerprint density at radius 1 is 0.519 bits per heavy atom. The summed E-state index contributed by atoms with van der Waals surface area (Å²) < 4.78 is 21.7. The van der Waals surface area contributed by atoms with E-state index < -0.39 is 54.7 Å². The first-order valence-electron chi connectivity index (χ1n) is 21.1. The van der Waals surface area contributed by atoms with Crippen LogP contribution in [0.4, 0.5) is 0 Å². The normalized spacial score (nSPS) is 20.8. The van der Waals surface area contributed by atoms with Crippen LogP contribution in [0, 0.1) is 0 Å². The van der Waals surface area contributed by atoms with Crippen molar-refractivity contribution in [1.29, 1.82) is 0 Å². The minimum Gasteiger partial charge on any atom is -0.479 e. The van der Waals surface area contributed by atoms with Gasteiger partial charge in [0.25, 0.3) is 0 Å². The summed E-state index contributed by atoms with van der Waals surface area (Å²) in [7, 11) is 0. The van der Waals surface area contributed by atoms with Gasteiger partial charge in [-0.15, -0.1) is 0 Å². The molecule has 306 valence electrons. The molecule has 0 aliphatic carbocycles. The third kappa shape index (κ3) is 24.5. The molecule has 1 heterocycles. The number of esters is 2. The summed E-state index contributed by atoms with van der Waals surface area (Å²) in [6.07, 6.45) is 21.6. The van der Waals surface area contributed by atoms with Crippen molar-refractivity contribution >= 4 is 17.9 Å². The van der Waals surface area contributed by atoms with Crippen LogP contribution in [0.1, 0.15) is 194 Å². The topological polar surface area (TPSA) is 169 Å². The number of carboxylic acids is 1. The number of aliphatic hydroxyl groups excluding tert-OH is 3. The van der Waals surface area contributed by atoms with Crippen LogP contribution in [0.5, 0.6) is 0 Å². The average molecular weight is 745 g/mol. The second-order valence-corrected chi connectivity index (χ2v) is 14.8. The predicted molar refractivity (Wildman–Crippen MR) is 202 cm³/mol. The third-order valence-electron chi connectivity index (χ3n) is 9.96. The molecule has 52 heavy (non-hydrogen) atoms. The van der Waals surface area contributed by atoms with Crippen molar-refractivity contribution < 1.29 is 53.8 Å². The molecule has 6 atom stereocenters. The lowest BCUT2D eigenvalue weighted by atomic mass is 9.99. The van der Waals surface area contributed by atoms with Gasteiger partial charge in [0.1, 0.15) is 24.9 Å². The van der Waals surface area contributed by atoms with Crippen molar-refractivity contribution in [3.8, 4) is 0 Å². The summed E-state index contributed by atoms with van der Waals surface area (Å²) in [5, 5.41) is 39.7. The smallest absolute Gasteiger partial charge is 0.335 e. The molecule has 4 N–H and O–H groups in total. The maximum atomic E-state index is 12.7. The minimum absolute atomic E-state index is 0.190. The lowest BCUT2D eigenvalue weighted by molar-refractivity contribution is -0.298. The molecule has 0 amide bonds. The number of carbonyl (C=O) groups excluding carboxylic acids is 2. The number of hydrogen-bond acceptors (Lipinski definition) is 10. The van der Waals surface area contributed by atoms with E-state index in [2.05, 4.69) is 13.8 Å². The van der Waals surface area contributed by atoms with Gasteiger partial charge in [-0.2, -0.15) is 0 Å². The molecule has 11 heteroatoms. The fourth-order valence-electron chi connectivity index (χ4n) is 6.59. The molecule has 0 unspecified atom stereocenters. The summed E-state index contributed by atoms with van der Waals surface area (Å²) in [6.45, 7) is 3.81. The molecule has 0 radical (unpaired) electrons. The molecule has 1 aliphatic rings. The molecule has 1 fully saturated rings. The first-order chi connectivity index (χ1) is 25.2. The quantitative estimate of drug-likeness (QED) is 0.0364. The molecule has 11 nitrogen and oxygen atoms in total. The van der Waals surface area contributed by atoms with Crippen LogP contribution in [0.2, 0.25) is 0 Å². The minimum atomic E-state index is -1.85. The van der Waals surface area contributed by atoms with Gasteiger partial charge in [0, 0.05) is 12.8 Å². The van der Waals surface area contributed by atoms with Crippen molar-refractivity contribution in [2.75, 3.05) is 13.2 Å². The summed E-state index contributed by atoms with van der Waals surface area (Å²) in [5.41, 5.74) is 0. The number of carbonyl (C=O) groups is 3. The van der Waals surface area contributed by atoms with E-state index in [0.717, 1.165) is 38.5 Å². The zero-order valence-corrected chi connectivity index (χ0v) is 32.8. The van der Waals surface area contributed by atoms with Crippen molar-refractivity contribution in [2.45, 2.75) is 230 Å².